The second kappa shape index (κ2) is 11.4. The van der Waals surface area contributed by atoms with Crippen molar-refractivity contribution in [3.8, 4) is 5.88 Å². The Balaban J connectivity index is 1.35. The molecule has 1 saturated heterocycles. The molecule has 39 heavy (non-hydrogen) atoms. The van der Waals surface area contributed by atoms with Crippen LogP contribution in [0.1, 0.15) is 60.5 Å². The number of imidazole rings is 1. The molecule has 0 bridgehead atoms. The SMILES string of the molecule is NC(N)=NCCCc1[nH]c(=O)n(C(CCc2ccccc2)C(=O)N2CCC3(CCc4ccccc43)CC2)c1O. The lowest BCUT2D eigenvalue weighted by Crippen LogP contribution is -2.47. The minimum atomic E-state index is -0.801. The normalized spacial score (nSPS) is 16.7. The van der Waals surface area contributed by atoms with Crippen molar-refractivity contribution >= 4 is 11.9 Å². The Morgan fingerprint density at radius 2 is 1.74 bits per heavy atom. The van der Waals surface area contributed by atoms with Gasteiger partial charge < -0.3 is 26.5 Å². The van der Waals surface area contributed by atoms with Crippen LogP contribution in [0.15, 0.2) is 64.4 Å². The third-order valence-corrected chi connectivity index (χ3v) is 8.49. The number of aromatic amines is 1. The number of aromatic hydroxyl groups is 1. The molecule has 6 N–H and O–H groups in total. The van der Waals surface area contributed by atoms with Crippen molar-refractivity contribution in [3.05, 3.63) is 87.5 Å². The van der Waals surface area contributed by atoms with Crippen LogP contribution in [0.5, 0.6) is 5.88 Å². The number of rotatable bonds is 9. The smallest absolute Gasteiger partial charge is 0.329 e. The second-order valence-corrected chi connectivity index (χ2v) is 10.8. The van der Waals surface area contributed by atoms with Crippen molar-refractivity contribution < 1.29 is 9.90 Å². The van der Waals surface area contributed by atoms with E-state index in [-0.39, 0.29) is 23.2 Å². The first-order chi connectivity index (χ1) is 18.9. The zero-order valence-corrected chi connectivity index (χ0v) is 22.3. The average Bonchev–Trinajstić information content (AvgIpc) is 3.44. The molecule has 1 atom stereocenters. The Morgan fingerprint density at radius 1 is 1.03 bits per heavy atom. The molecule has 5 rings (SSSR count). The number of guanidine groups is 1. The van der Waals surface area contributed by atoms with E-state index in [0.717, 1.165) is 31.2 Å². The number of hydrogen-bond donors (Lipinski definition) is 4. The number of benzene rings is 2. The molecule has 1 aliphatic carbocycles. The Bertz CT molecular complexity index is 1380. The Hall–Kier alpha value is -4.01. The van der Waals surface area contributed by atoms with Crippen LogP contribution >= 0.6 is 0 Å². The van der Waals surface area contributed by atoms with E-state index in [4.69, 9.17) is 11.5 Å². The number of aryl methyl sites for hydroxylation is 3. The van der Waals surface area contributed by atoms with Gasteiger partial charge in [0.05, 0.1) is 5.69 Å². The number of carbonyl (C=O) groups is 1. The van der Waals surface area contributed by atoms with E-state index in [9.17, 15) is 14.7 Å². The second-order valence-electron chi connectivity index (χ2n) is 10.8. The van der Waals surface area contributed by atoms with Crippen molar-refractivity contribution in [2.45, 2.75) is 62.8 Å². The fourth-order valence-electron chi connectivity index (χ4n) is 6.37. The summed E-state index contributed by atoms with van der Waals surface area (Å²) >= 11 is 0. The van der Waals surface area contributed by atoms with Gasteiger partial charge in [0.15, 0.2) is 5.96 Å². The van der Waals surface area contributed by atoms with E-state index in [1.54, 1.807) is 0 Å². The van der Waals surface area contributed by atoms with E-state index >= 15 is 0 Å². The molecule has 1 aliphatic heterocycles. The van der Waals surface area contributed by atoms with E-state index in [1.807, 2.05) is 35.2 Å². The molecule has 1 unspecified atom stereocenters. The van der Waals surface area contributed by atoms with E-state index in [0.29, 0.717) is 51.0 Å². The average molecular weight is 531 g/mol. The molecule has 0 radical (unpaired) electrons. The number of nitrogens with one attached hydrogen (secondary N) is 1. The van der Waals surface area contributed by atoms with Gasteiger partial charge in [-0.25, -0.2) is 4.79 Å². The van der Waals surface area contributed by atoms with Gasteiger partial charge in [-0.15, -0.1) is 0 Å². The lowest BCUT2D eigenvalue weighted by Gasteiger charge is -2.41. The van der Waals surface area contributed by atoms with Crippen molar-refractivity contribution in [3.63, 3.8) is 0 Å². The van der Waals surface area contributed by atoms with E-state index in [1.165, 1.54) is 15.7 Å². The summed E-state index contributed by atoms with van der Waals surface area (Å²) in [6.07, 6.45) is 5.97. The molecule has 0 saturated carbocycles. The number of amides is 1. The van der Waals surface area contributed by atoms with Gasteiger partial charge in [0.2, 0.25) is 11.8 Å². The number of aromatic nitrogens is 2. The first kappa shape index (κ1) is 26.6. The van der Waals surface area contributed by atoms with E-state index in [2.05, 4.69) is 34.2 Å². The van der Waals surface area contributed by atoms with Crippen LogP contribution in [0.4, 0.5) is 0 Å². The summed E-state index contributed by atoms with van der Waals surface area (Å²) in [5, 5.41) is 11.1. The molecule has 3 aromatic rings. The Kier molecular flexibility index (Phi) is 7.77. The van der Waals surface area contributed by atoms with Crippen molar-refractivity contribution in [2.24, 2.45) is 16.5 Å². The highest BCUT2D eigenvalue weighted by Crippen LogP contribution is 2.46. The number of hydrogen-bond acceptors (Lipinski definition) is 4. The molecule has 2 heterocycles. The Morgan fingerprint density at radius 3 is 2.49 bits per heavy atom. The summed E-state index contributed by atoms with van der Waals surface area (Å²) in [5.41, 5.74) is 14.8. The van der Waals surface area contributed by atoms with Gasteiger partial charge in [-0.05, 0) is 73.5 Å². The van der Waals surface area contributed by atoms with Crippen LogP contribution in [-0.2, 0) is 29.5 Å². The number of aliphatic imine (C=N–C) groups is 1. The van der Waals surface area contributed by atoms with E-state index < -0.39 is 11.7 Å². The molecule has 9 heteroatoms. The maximum absolute atomic E-state index is 14.0. The van der Waals surface area contributed by atoms with Gasteiger partial charge in [-0.3, -0.25) is 14.4 Å². The Labute approximate surface area is 228 Å². The van der Waals surface area contributed by atoms with Crippen LogP contribution in [0.2, 0.25) is 0 Å². The third kappa shape index (κ3) is 5.57. The van der Waals surface area contributed by atoms with Gasteiger partial charge >= 0.3 is 5.69 Å². The number of piperidine rings is 1. The van der Waals surface area contributed by atoms with Gasteiger partial charge in [-0.2, -0.15) is 0 Å². The van der Waals surface area contributed by atoms with Gasteiger partial charge in [0, 0.05) is 19.6 Å². The number of nitrogens with zero attached hydrogens (tertiary/aromatic N) is 3. The first-order valence-corrected chi connectivity index (χ1v) is 13.9. The number of fused-ring (bicyclic) bond motifs is 2. The van der Waals surface area contributed by atoms with Crippen molar-refractivity contribution in [1.29, 1.82) is 0 Å². The zero-order chi connectivity index (χ0) is 27.4. The minimum absolute atomic E-state index is 0.00117. The van der Waals surface area contributed by atoms with Gasteiger partial charge in [0.25, 0.3) is 0 Å². The summed E-state index contributed by atoms with van der Waals surface area (Å²) in [5.74, 6) is -0.300. The lowest BCUT2D eigenvalue weighted by molar-refractivity contribution is -0.136. The number of likely N-dealkylation sites (tertiary alicyclic amines) is 1. The monoisotopic (exact) mass is 530 g/mol. The molecule has 206 valence electrons. The highest BCUT2D eigenvalue weighted by Gasteiger charge is 2.43. The standard InChI is InChI=1S/C30H38N6O3/c31-28(32)33-18-6-11-24-26(37)36(29(39)34-24)25(13-12-21-7-2-1-3-8-21)27(38)35-19-16-30(17-20-35)15-14-22-9-4-5-10-23(22)30/h1-5,7-10,25,37H,6,11-20H2,(H,34,39)(H4,31,32,33). The molecule has 1 amide bonds. The fourth-order valence-corrected chi connectivity index (χ4v) is 6.37. The highest BCUT2D eigenvalue weighted by molar-refractivity contribution is 5.81. The maximum atomic E-state index is 14.0. The number of carbonyl (C=O) groups excluding carboxylic acids is 1. The van der Waals surface area contributed by atoms with Crippen LogP contribution in [0.3, 0.4) is 0 Å². The summed E-state index contributed by atoms with van der Waals surface area (Å²) in [6, 6.07) is 17.8. The molecular formula is C30H38N6O3. The molecule has 1 fully saturated rings. The molecule has 9 nitrogen and oxygen atoms in total. The molecular weight excluding hydrogens is 492 g/mol. The topological polar surface area (TPSA) is 143 Å². The van der Waals surface area contributed by atoms with Crippen molar-refractivity contribution in [1.82, 2.24) is 14.5 Å². The minimum Gasteiger partial charge on any atom is -0.493 e. The fraction of sp³-hybridized carbons (Fsp3) is 0.433. The summed E-state index contributed by atoms with van der Waals surface area (Å²) in [7, 11) is 0. The lowest BCUT2D eigenvalue weighted by atomic mass is 9.74. The van der Waals surface area contributed by atoms with Gasteiger partial charge in [0.1, 0.15) is 6.04 Å². The van der Waals surface area contributed by atoms with Gasteiger partial charge in [-0.1, -0.05) is 54.6 Å². The van der Waals surface area contributed by atoms with Crippen LogP contribution in [0, 0.1) is 0 Å². The highest BCUT2D eigenvalue weighted by atomic mass is 16.3. The molecule has 1 aromatic heterocycles. The molecule has 2 aliphatic rings. The van der Waals surface area contributed by atoms with Crippen LogP contribution < -0.4 is 17.2 Å². The maximum Gasteiger partial charge on any atom is 0.329 e. The zero-order valence-electron chi connectivity index (χ0n) is 22.3. The predicted octanol–water partition coefficient (Wildman–Crippen LogP) is 2.77. The third-order valence-electron chi connectivity index (χ3n) is 8.49. The largest absolute Gasteiger partial charge is 0.493 e. The van der Waals surface area contributed by atoms with Crippen molar-refractivity contribution in [2.75, 3.05) is 19.6 Å². The summed E-state index contributed by atoms with van der Waals surface area (Å²) in [4.78, 5) is 35.7. The summed E-state index contributed by atoms with van der Waals surface area (Å²) in [6.45, 7) is 1.66. The summed E-state index contributed by atoms with van der Waals surface area (Å²) < 4.78 is 1.25. The van der Waals surface area contributed by atoms with Crippen LogP contribution in [0.25, 0.3) is 0 Å². The number of H-pyrrole nitrogens is 1. The molecule has 2 aromatic carbocycles. The predicted molar refractivity (Wildman–Crippen MR) is 152 cm³/mol. The van der Waals surface area contributed by atoms with Crippen LogP contribution in [-0.4, -0.2) is 51.1 Å². The molecule has 1 spiro atoms. The quantitative estimate of drug-likeness (QED) is 0.191. The first-order valence-electron chi connectivity index (χ1n) is 13.9. The number of nitrogens with two attached hydrogens (primary N) is 2.